The van der Waals surface area contributed by atoms with Gasteiger partial charge in [-0.05, 0) is 24.3 Å². The molecule has 6 nitrogen and oxygen atoms in total. The smallest absolute Gasteiger partial charge is 0.335 e. The van der Waals surface area contributed by atoms with Crippen molar-refractivity contribution in [3.63, 3.8) is 0 Å². The molecule has 0 radical (unpaired) electrons. The predicted molar refractivity (Wildman–Crippen MR) is 67.8 cm³/mol. The highest BCUT2D eigenvalue weighted by atomic mass is 16.4. The maximum Gasteiger partial charge on any atom is 0.335 e. The van der Waals surface area contributed by atoms with Crippen LogP contribution in [0.5, 0.6) is 0 Å². The lowest BCUT2D eigenvalue weighted by atomic mass is 10.2. The van der Waals surface area contributed by atoms with E-state index < -0.39 is 5.97 Å². The Labute approximate surface area is 108 Å². The first-order chi connectivity index (χ1) is 9.24. The topological polar surface area (TPSA) is 80.9 Å². The molecule has 0 unspecified atom stereocenters. The van der Waals surface area contributed by atoms with Crippen LogP contribution < -0.4 is 0 Å². The van der Waals surface area contributed by atoms with E-state index in [2.05, 4.69) is 15.0 Å². The summed E-state index contributed by atoms with van der Waals surface area (Å²) in [4.78, 5) is 23.5. The van der Waals surface area contributed by atoms with Gasteiger partial charge in [0.2, 0.25) is 0 Å². The van der Waals surface area contributed by atoms with Crippen molar-refractivity contribution < 1.29 is 9.90 Å². The second-order valence-electron chi connectivity index (χ2n) is 4.05. The second-order valence-corrected chi connectivity index (χ2v) is 4.05. The van der Waals surface area contributed by atoms with Gasteiger partial charge in [0, 0.05) is 12.4 Å². The minimum absolute atomic E-state index is 0.239. The third kappa shape index (κ3) is 2.15. The van der Waals surface area contributed by atoms with E-state index in [1.54, 1.807) is 43.0 Å². The van der Waals surface area contributed by atoms with Crippen LogP contribution in [0.1, 0.15) is 16.2 Å². The zero-order valence-electron chi connectivity index (χ0n) is 9.89. The molecule has 2 aromatic heterocycles. The summed E-state index contributed by atoms with van der Waals surface area (Å²) in [5.74, 6) is -0.298. The molecule has 0 atom stereocenters. The second kappa shape index (κ2) is 4.49. The predicted octanol–water partition coefficient (Wildman–Crippen LogP) is 1.57. The van der Waals surface area contributed by atoms with Crippen LogP contribution in [0.2, 0.25) is 0 Å². The highest BCUT2D eigenvalue weighted by molar-refractivity contribution is 5.92. The molecule has 0 saturated carbocycles. The fourth-order valence-electron chi connectivity index (χ4n) is 1.88. The number of carboxylic acids is 1. The third-order valence-electron chi connectivity index (χ3n) is 2.80. The monoisotopic (exact) mass is 254 g/mol. The molecule has 19 heavy (non-hydrogen) atoms. The van der Waals surface area contributed by atoms with Crippen LogP contribution in [0, 0.1) is 0 Å². The average molecular weight is 254 g/mol. The highest BCUT2D eigenvalue weighted by Gasteiger charge is 2.08. The molecule has 0 aliphatic rings. The first kappa shape index (κ1) is 11.3. The zero-order chi connectivity index (χ0) is 13.2. The molecule has 1 aromatic carbocycles. The van der Waals surface area contributed by atoms with Crippen LogP contribution in [0.25, 0.3) is 11.0 Å². The Hall–Kier alpha value is -2.76. The maximum absolute atomic E-state index is 11.0. The van der Waals surface area contributed by atoms with Gasteiger partial charge >= 0.3 is 5.97 Å². The van der Waals surface area contributed by atoms with Crippen molar-refractivity contribution in [3.8, 4) is 0 Å². The molecule has 2 heterocycles. The summed E-state index contributed by atoms with van der Waals surface area (Å²) in [6.07, 6.45) is 5.00. The summed E-state index contributed by atoms with van der Waals surface area (Å²) >= 11 is 0. The van der Waals surface area contributed by atoms with Crippen LogP contribution in [0.15, 0.2) is 43.0 Å². The van der Waals surface area contributed by atoms with E-state index in [0.29, 0.717) is 12.4 Å². The largest absolute Gasteiger partial charge is 0.478 e. The van der Waals surface area contributed by atoms with Gasteiger partial charge in [-0.15, -0.1) is 0 Å². The van der Waals surface area contributed by atoms with Gasteiger partial charge in [0.1, 0.15) is 5.82 Å². The number of imidazole rings is 1. The van der Waals surface area contributed by atoms with Crippen molar-refractivity contribution >= 4 is 17.0 Å². The molecule has 0 bridgehead atoms. The van der Waals surface area contributed by atoms with Gasteiger partial charge in [-0.1, -0.05) is 0 Å². The molecule has 0 fully saturated rings. The molecule has 3 aromatic rings. The summed E-state index contributed by atoms with van der Waals surface area (Å²) in [6.45, 7) is 0.459. The number of rotatable bonds is 3. The standard InChI is InChI=1S/C13H10N4O2/c18-13(19)9-2-3-10-11(6-9)17(8-16-10)7-12-14-4-1-5-15-12/h1-6,8H,7H2,(H,18,19). The Morgan fingerprint density at radius 1 is 1.21 bits per heavy atom. The molecule has 0 amide bonds. The number of aromatic nitrogens is 4. The van der Waals surface area contributed by atoms with Gasteiger partial charge in [0.25, 0.3) is 0 Å². The van der Waals surface area contributed by atoms with E-state index >= 15 is 0 Å². The summed E-state index contributed by atoms with van der Waals surface area (Å²) in [5, 5.41) is 9.01. The minimum atomic E-state index is -0.953. The van der Waals surface area contributed by atoms with Crippen molar-refractivity contribution in [3.05, 3.63) is 54.4 Å². The third-order valence-corrected chi connectivity index (χ3v) is 2.80. The summed E-state index contributed by atoms with van der Waals surface area (Å²) in [5.41, 5.74) is 1.75. The molecule has 0 saturated heterocycles. The molecule has 6 heteroatoms. The Balaban J connectivity index is 2.04. The van der Waals surface area contributed by atoms with E-state index in [1.807, 2.05) is 4.57 Å². The number of carbonyl (C=O) groups is 1. The Morgan fingerprint density at radius 3 is 2.74 bits per heavy atom. The van der Waals surface area contributed by atoms with Gasteiger partial charge in [-0.3, -0.25) is 0 Å². The number of carboxylic acid groups (broad SMARTS) is 1. The van der Waals surface area contributed by atoms with Crippen molar-refractivity contribution in [2.24, 2.45) is 0 Å². The quantitative estimate of drug-likeness (QED) is 0.767. The van der Waals surface area contributed by atoms with Gasteiger partial charge in [0.15, 0.2) is 0 Å². The van der Waals surface area contributed by atoms with Crippen LogP contribution in [0.4, 0.5) is 0 Å². The van der Waals surface area contributed by atoms with Crippen LogP contribution in [-0.2, 0) is 6.54 Å². The van der Waals surface area contributed by atoms with Crippen LogP contribution in [0.3, 0.4) is 0 Å². The number of aromatic carboxylic acids is 1. The fourth-order valence-corrected chi connectivity index (χ4v) is 1.88. The first-order valence-electron chi connectivity index (χ1n) is 5.68. The zero-order valence-corrected chi connectivity index (χ0v) is 9.89. The number of benzene rings is 1. The molecule has 1 N–H and O–H groups in total. The Kier molecular flexibility index (Phi) is 2.68. The van der Waals surface area contributed by atoms with Crippen LogP contribution in [-0.4, -0.2) is 30.6 Å². The summed E-state index contributed by atoms with van der Waals surface area (Å²) < 4.78 is 1.83. The first-order valence-corrected chi connectivity index (χ1v) is 5.68. The minimum Gasteiger partial charge on any atom is -0.478 e. The van der Waals surface area contributed by atoms with Gasteiger partial charge < -0.3 is 9.67 Å². The lowest BCUT2D eigenvalue weighted by molar-refractivity contribution is 0.0697. The van der Waals surface area contributed by atoms with Crippen molar-refractivity contribution in [1.82, 2.24) is 19.5 Å². The number of hydrogen-bond donors (Lipinski definition) is 1. The van der Waals surface area contributed by atoms with E-state index in [-0.39, 0.29) is 5.56 Å². The van der Waals surface area contributed by atoms with E-state index in [4.69, 9.17) is 5.11 Å². The molecule has 0 spiro atoms. The lowest BCUT2D eigenvalue weighted by Crippen LogP contribution is -2.03. The van der Waals surface area contributed by atoms with Crippen molar-refractivity contribution in [1.29, 1.82) is 0 Å². The summed E-state index contributed by atoms with van der Waals surface area (Å²) in [7, 11) is 0. The van der Waals surface area contributed by atoms with E-state index in [0.717, 1.165) is 11.0 Å². The molecule has 0 aliphatic heterocycles. The number of nitrogens with zero attached hydrogens (tertiary/aromatic N) is 4. The van der Waals surface area contributed by atoms with E-state index in [1.165, 1.54) is 0 Å². The Bertz CT molecular complexity index is 737. The number of fused-ring (bicyclic) bond motifs is 1. The van der Waals surface area contributed by atoms with Gasteiger partial charge in [0.05, 0.1) is 29.5 Å². The van der Waals surface area contributed by atoms with Crippen molar-refractivity contribution in [2.45, 2.75) is 6.54 Å². The molecule has 3 rings (SSSR count). The number of hydrogen-bond acceptors (Lipinski definition) is 4. The molecular formula is C13H10N4O2. The van der Waals surface area contributed by atoms with Gasteiger partial charge in [-0.2, -0.15) is 0 Å². The fraction of sp³-hybridized carbons (Fsp3) is 0.0769. The van der Waals surface area contributed by atoms with Crippen LogP contribution >= 0.6 is 0 Å². The molecular weight excluding hydrogens is 244 g/mol. The molecule has 94 valence electrons. The normalized spacial score (nSPS) is 10.7. The SMILES string of the molecule is O=C(O)c1ccc2ncn(Cc3ncccn3)c2c1. The van der Waals surface area contributed by atoms with Crippen molar-refractivity contribution in [2.75, 3.05) is 0 Å². The van der Waals surface area contributed by atoms with Gasteiger partial charge in [-0.25, -0.2) is 19.7 Å². The lowest BCUT2D eigenvalue weighted by Gasteiger charge is -2.03. The maximum atomic E-state index is 11.0. The summed E-state index contributed by atoms with van der Waals surface area (Å²) in [6, 6.07) is 6.59. The molecule has 0 aliphatic carbocycles. The Morgan fingerprint density at radius 2 is 2.00 bits per heavy atom. The highest BCUT2D eigenvalue weighted by Crippen LogP contribution is 2.15. The average Bonchev–Trinajstić information content (AvgIpc) is 2.82. The van der Waals surface area contributed by atoms with E-state index in [9.17, 15) is 4.79 Å².